The van der Waals surface area contributed by atoms with E-state index in [0.29, 0.717) is 26.1 Å². The molecule has 3 N–H and O–H groups in total. The van der Waals surface area contributed by atoms with Gasteiger partial charge in [-0.05, 0) is 33.6 Å². The van der Waals surface area contributed by atoms with Crippen LogP contribution in [-0.2, 0) is 14.3 Å². The van der Waals surface area contributed by atoms with Gasteiger partial charge in [0, 0.05) is 26.2 Å². The van der Waals surface area contributed by atoms with Crippen molar-refractivity contribution < 1.29 is 19.1 Å². The topological polar surface area (TPSA) is 99.8 Å². The smallest absolute Gasteiger partial charge is 0.410 e. The van der Waals surface area contributed by atoms with E-state index in [4.69, 9.17) is 4.74 Å². The molecule has 0 aromatic heterocycles. The second kappa shape index (κ2) is 7.16. The van der Waals surface area contributed by atoms with Gasteiger partial charge in [0.05, 0.1) is 0 Å². The molecule has 2 saturated heterocycles. The summed E-state index contributed by atoms with van der Waals surface area (Å²) in [7, 11) is 0. The number of ether oxygens (including phenoxy) is 1. The zero-order valence-corrected chi connectivity index (χ0v) is 14.0. The van der Waals surface area contributed by atoms with Gasteiger partial charge in [-0.2, -0.15) is 0 Å². The fourth-order valence-corrected chi connectivity index (χ4v) is 2.60. The molecule has 0 saturated carbocycles. The zero-order valence-electron chi connectivity index (χ0n) is 14.0. The summed E-state index contributed by atoms with van der Waals surface area (Å²) in [5.41, 5.74) is -0.570. The summed E-state index contributed by atoms with van der Waals surface area (Å²) >= 11 is 0. The molecular weight excluding hydrogens is 300 g/mol. The second-order valence-corrected chi connectivity index (χ2v) is 6.93. The number of carbonyl (C=O) groups excluding carboxylic acids is 3. The summed E-state index contributed by atoms with van der Waals surface area (Å²) in [4.78, 5) is 37.7. The average Bonchev–Trinajstić information content (AvgIpc) is 2.48. The molecule has 0 radical (unpaired) electrons. The van der Waals surface area contributed by atoms with Crippen LogP contribution in [0.15, 0.2) is 0 Å². The van der Waals surface area contributed by atoms with Gasteiger partial charge in [-0.15, -0.1) is 0 Å². The molecule has 8 heteroatoms. The van der Waals surface area contributed by atoms with E-state index in [0.717, 1.165) is 6.42 Å². The molecule has 2 heterocycles. The van der Waals surface area contributed by atoms with Gasteiger partial charge in [0.1, 0.15) is 17.7 Å². The zero-order chi connectivity index (χ0) is 17.0. The lowest BCUT2D eigenvalue weighted by molar-refractivity contribution is -0.131. The number of hydrogen-bond acceptors (Lipinski definition) is 5. The first-order chi connectivity index (χ1) is 10.8. The lowest BCUT2D eigenvalue weighted by Crippen LogP contribution is -2.61. The first-order valence-electron chi connectivity index (χ1n) is 8.05. The van der Waals surface area contributed by atoms with Gasteiger partial charge in [0.15, 0.2) is 0 Å². The molecule has 23 heavy (non-hydrogen) atoms. The van der Waals surface area contributed by atoms with Crippen LogP contribution in [0.25, 0.3) is 0 Å². The molecule has 2 atom stereocenters. The van der Waals surface area contributed by atoms with Crippen LogP contribution in [0, 0.1) is 0 Å². The number of rotatable bonds is 2. The van der Waals surface area contributed by atoms with Gasteiger partial charge in [-0.25, -0.2) is 4.79 Å². The highest BCUT2D eigenvalue weighted by Gasteiger charge is 2.33. The van der Waals surface area contributed by atoms with Crippen LogP contribution >= 0.6 is 0 Å². The Labute approximate surface area is 136 Å². The van der Waals surface area contributed by atoms with Crippen molar-refractivity contribution in [1.82, 2.24) is 20.9 Å². The molecular formula is C15H26N4O4. The van der Waals surface area contributed by atoms with Gasteiger partial charge < -0.3 is 25.6 Å². The van der Waals surface area contributed by atoms with Gasteiger partial charge in [-0.3, -0.25) is 9.59 Å². The Hall–Kier alpha value is -1.83. The first-order valence-corrected chi connectivity index (χ1v) is 8.05. The molecule has 2 aliphatic heterocycles. The predicted molar refractivity (Wildman–Crippen MR) is 83.8 cm³/mol. The molecule has 0 aliphatic carbocycles. The maximum Gasteiger partial charge on any atom is 0.410 e. The van der Waals surface area contributed by atoms with Crippen LogP contribution in [0.2, 0.25) is 0 Å². The van der Waals surface area contributed by atoms with Crippen molar-refractivity contribution in [1.29, 1.82) is 0 Å². The molecule has 0 aromatic rings. The number of hydrogen-bond donors (Lipinski definition) is 3. The van der Waals surface area contributed by atoms with Gasteiger partial charge >= 0.3 is 6.09 Å². The fourth-order valence-electron chi connectivity index (χ4n) is 2.60. The van der Waals surface area contributed by atoms with Crippen molar-refractivity contribution in [3.63, 3.8) is 0 Å². The van der Waals surface area contributed by atoms with Crippen LogP contribution < -0.4 is 16.0 Å². The number of amides is 3. The lowest BCUT2D eigenvalue weighted by atomic mass is 10.1. The van der Waals surface area contributed by atoms with E-state index in [-0.39, 0.29) is 18.4 Å². The van der Waals surface area contributed by atoms with Gasteiger partial charge in [0.25, 0.3) is 0 Å². The number of nitrogens with zero attached hydrogens (tertiary/aromatic N) is 1. The van der Waals surface area contributed by atoms with Crippen LogP contribution in [0.3, 0.4) is 0 Å². The summed E-state index contributed by atoms with van der Waals surface area (Å²) in [5.74, 6) is -0.412. The standard InChI is InChI=1S/C15H26N4O4/c1-15(2,3)23-14(22)19-8-7-16-11(9-19)13(21)18-10-5-4-6-17-12(10)20/h10-11,16H,4-9H2,1-3H3,(H,17,20)(H,18,21). The predicted octanol–water partition coefficient (Wildman–Crippen LogP) is -0.410. The van der Waals surface area contributed by atoms with Crippen molar-refractivity contribution >= 4 is 17.9 Å². The Morgan fingerprint density at radius 1 is 1.30 bits per heavy atom. The Morgan fingerprint density at radius 3 is 2.70 bits per heavy atom. The normalized spacial score (nSPS) is 25.5. The summed E-state index contributed by atoms with van der Waals surface area (Å²) in [5, 5.41) is 8.57. The Balaban J connectivity index is 1.88. The van der Waals surface area contributed by atoms with Crippen molar-refractivity contribution in [2.45, 2.75) is 51.3 Å². The summed E-state index contributed by atoms with van der Waals surface area (Å²) in [6.45, 7) is 7.29. The maximum absolute atomic E-state index is 12.3. The van der Waals surface area contributed by atoms with E-state index in [1.54, 1.807) is 20.8 Å². The third-order valence-electron chi connectivity index (χ3n) is 3.75. The third-order valence-corrected chi connectivity index (χ3v) is 3.75. The Kier molecular flexibility index (Phi) is 5.46. The SMILES string of the molecule is CC(C)(C)OC(=O)N1CCNC(C(=O)NC2CCCNC2=O)C1. The van der Waals surface area contributed by atoms with Crippen molar-refractivity contribution in [2.75, 3.05) is 26.2 Å². The molecule has 0 bridgehead atoms. The molecule has 2 rings (SSSR count). The van der Waals surface area contributed by atoms with Gasteiger partial charge in [0.2, 0.25) is 11.8 Å². The average molecular weight is 326 g/mol. The van der Waals surface area contributed by atoms with Gasteiger partial charge in [-0.1, -0.05) is 0 Å². The minimum atomic E-state index is -0.570. The molecule has 2 fully saturated rings. The minimum absolute atomic E-state index is 0.149. The van der Waals surface area contributed by atoms with E-state index in [1.807, 2.05) is 0 Å². The molecule has 0 spiro atoms. The quantitative estimate of drug-likeness (QED) is 0.641. The number of carbonyl (C=O) groups is 3. The van der Waals surface area contributed by atoms with Crippen LogP contribution in [0.5, 0.6) is 0 Å². The number of piperazine rings is 1. The van der Waals surface area contributed by atoms with Crippen LogP contribution in [0.1, 0.15) is 33.6 Å². The van der Waals surface area contributed by atoms with E-state index in [9.17, 15) is 14.4 Å². The molecule has 2 aliphatic rings. The molecule has 8 nitrogen and oxygen atoms in total. The Bertz CT molecular complexity index is 475. The van der Waals surface area contributed by atoms with Crippen molar-refractivity contribution in [3.8, 4) is 0 Å². The van der Waals surface area contributed by atoms with Crippen LogP contribution in [0.4, 0.5) is 4.79 Å². The third kappa shape index (κ3) is 5.09. The largest absolute Gasteiger partial charge is 0.444 e. The molecule has 2 unspecified atom stereocenters. The minimum Gasteiger partial charge on any atom is -0.444 e. The van der Waals surface area contributed by atoms with E-state index in [1.165, 1.54) is 4.90 Å². The van der Waals surface area contributed by atoms with E-state index in [2.05, 4.69) is 16.0 Å². The number of piperidine rings is 1. The first kappa shape index (κ1) is 17.5. The highest BCUT2D eigenvalue weighted by molar-refractivity contribution is 5.90. The maximum atomic E-state index is 12.3. The Morgan fingerprint density at radius 2 is 2.04 bits per heavy atom. The monoisotopic (exact) mass is 326 g/mol. The summed E-state index contributed by atoms with van der Waals surface area (Å²) < 4.78 is 5.34. The summed E-state index contributed by atoms with van der Waals surface area (Å²) in [6.07, 6.45) is 1.06. The highest BCUT2D eigenvalue weighted by Crippen LogP contribution is 2.12. The molecule has 3 amide bonds. The van der Waals surface area contributed by atoms with Crippen molar-refractivity contribution in [2.24, 2.45) is 0 Å². The fraction of sp³-hybridized carbons (Fsp3) is 0.800. The number of nitrogens with one attached hydrogen (secondary N) is 3. The van der Waals surface area contributed by atoms with Crippen LogP contribution in [-0.4, -0.2) is 66.7 Å². The van der Waals surface area contributed by atoms with E-state index >= 15 is 0 Å². The molecule has 130 valence electrons. The second-order valence-electron chi connectivity index (χ2n) is 6.93. The summed E-state index contributed by atoms with van der Waals surface area (Å²) in [6, 6.07) is -1.03. The van der Waals surface area contributed by atoms with Crippen molar-refractivity contribution in [3.05, 3.63) is 0 Å². The van der Waals surface area contributed by atoms with E-state index < -0.39 is 23.8 Å². The highest BCUT2D eigenvalue weighted by atomic mass is 16.6. The lowest BCUT2D eigenvalue weighted by Gasteiger charge is -2.35. The molecule has 0 aromatic carbocycles.